The third-order valence-electron chi connectivity index (χ3n) is 2.79. The maximum Gasteiger partial charge on any atom is 0.358 e. The van der Waals surface area contributed by atoms with E-state index in [-0.39, 0.29) is 0 Å². The summed E-state index contributed by atoms with van der Waals surface area (Å²) in [6.07, 6.45) is 1.70. The number of hydrogen-bond donors (Lipinski definition) is 0. The highest BCUT2D eigenvalue weighted by atomic mass is 32.1. The Hall–Kier alpha value is -1.26. The van der Waals surface area contributed by atoms with Crippen LogP contribution >= 0.6 is 18.9 Å². The average Bonchev–Trinajstić information content (AvgIpc) is 3.01. The van der Waals surface area contributed by atoms with Gasteiger partial charge in [0.25, 0.3) is 0 Å². The molecule has 1 atom stereocenters. The van der Waals surface area contributed by atoms with Crippen LogP contribution in [0.2, 0.25) is 0 Å². The molecule has 0 aliphatic heterocycles. The van der Waals surface area contributed by atoms with E-state index in [1.165, 1.54) is 14.2 Å². The molecule has 4 nitrogen and oxygen atoms in total. The van der Waals surface area contributed by atoms with Gasteiger partial charge in [-0.15, -0.1) is 11.3 Å². The van der Waals surface area contributed by atoms with E-state index < -0.39 is 13.4 Å². The summed E-state index contributed by atoms with van der Waals surface area (Å²) >= 11 is 1.57. The van der Waals surface area contributed by atoms with Crippen molar-refractivity contribution < 1.29 is 13.6 Å². The van der Waals surface area contributed by atoms with Gasteiger partial charge in [0.1, 0.15) is 0 Å². The lowest BCUT2D eigenvalue weighted by Gasteiger charge is -2.21. The number of aliphatic imine (C=N–C) groups is 1. The van der Waals surface area contributed by atoms with Crippen molar-refractivity contribution in [3.05, 3.63) is 58.3 Å². The van der Waals surface area contributed by atoms with Crippen LogP contribution in [0.3, 0.4) is 0 Å². The molecule has 1 aromatic carbocycles. The quantitative estimate of drug-likeness (QED) is 0.588. The summed E-state index contributed by atoms with van der Waals surface area (Å²) in [6, 6.07) is 13.3. The Balaban J connectivity index is 2.37. The molecule has 0 radical (unpaired) electrons. The molecule has 2 aromatic rings. The first-order valence-electron chi connectivity index (χ1n) is 6.02. The molecular formula is C14H16NO3PS. The van der Waals surface area contributed by atoms with Crippen LogP contribution in [0.4, 0.5) is 0 Å². The second-order valence-corrected chi connectivity index (χ2v) is 7.26. The predicted octanol–water partition coefficient (Wildman–Crippen LogP) is 4.35. The van der Waals surface area contributed by atoms with Gasteiger partial charge in [-0.25, -0.2) is 0 Å². The Bertz CT molecular complexity index is 590. The van der Waals surface area contributed by atoms with Gasteiger partial charge in [-0.1, -0.05) is 36.4 Å². The van der Waals surface area contributed by atoms with Crippen molar-refractivity contribution in [2.45, 2.75) is 5.78 Å². The molecule has 1 heterocycles. The van der Waals surface area contributed by atoms with Crippen LogP contribution in [-0.2, 0) is 13.6 Å². The lowest BCUT2D eigenvalue weighted by molar-refractivity contribution is 0.266. The Morgan fingerprint density at radius 1 is 1.15 bits per heavy atom. The molecule has 1 aromatic heterocycles. The number of benzene rings is 1. The van der Waals surface area contributed by atoms with Gasteiger partial charge < -0.3 is 9.05 Å². The zero-order valence-electron chi connectivity index (χ0n) is 11.3. The van der Waals surface area contributed by atoms with Crippen molar-refractivity contribution in [1.29, 1.82) is 0 Å². The highest BCUT2D eigenvalue weighted by Crippen LogP contribution is 2.60. The Kier molecular flexibility index (Phi) is 5.26. The van der Waals surface area contributed by atoms with E-state index in [4.69, 9.17) is 9.05 Å². The fraction of sp³-hybridized carbons (Fsp3) is 0.214. The van der Waals surface area contributed by atoms with Gasteiger partial charge in [0, 0.05) is 25.3 Å². The van der Waals surface area contributed by atoms with E-state index in [0.717, 1.165) is 10.4 Å². The van der Waals surface area contributed by atoms with Gasteiger partial charge in [-0.05, 0) is 17.0 Å². The van der Waals surface area contributed by atoms with Crippen molar-refractivity contribution in [3.8, 4) is 0 Å². The van der Waals surface area contributed by atoms with Crippen LogP contribution < -0.4 is 0 Å². The summed E-state index contributed by atoms with van der Waals surface area (Å²) in [5, 5.41) is 1.96. The topological polar surface area (TPSA) is 47.9 Å². The fourth-order valence-corrected chi connectivity index (χ4v) is 3.67. The molecule has 0 aliphatic carbocycles. The second-order valence-electron chi connectivity index (χ2n) is 3.98. The van der Waals surface area contributed by atoms with Gasteiger partial charge in [0.15, 0.2) is 5.78 Å². The lowest BCUT2D eigenvalue weighted by Crippen LogP contribution is -2.02. The normalized spacial score (nSPS) is 13.7. The average molecular weight is 309 g/mol. The zero-order chi connectivity index (χ0) is 14.4. The van der Waals surface area contributed by atoms with E-state index in [1.807, 2.05) is 47.8 Å². The molecule has 0 spiro atoms. The summed E-state index contributed by atoms with van der Waals surface area (Å²) in [6.45, 7) is 0. The number of thiophene rings is 1. The first-order chi connectivity index (χ1) is 9.69. The highest BCUT2D eigenvalue weighted by molar-refractivity contribution is 7.54. The van der Waals surface area contributed by atoms with Gasteiger partial charge in [0.05, 0.1) is 0 Å². The highest BCUT2D eigenvalue weighted by Gasteiger charge is 2.34. The molecule has 0 aliphatic rings. The van der Waals surface area contributed by atoms with Gasteiger partial charge in [0.2, 0.25) is 0 Å². The van der Waals surface area contributed by atoms with Crippen molar-refractivity contribution in [1.82, 2.24) is 0 Å². The van der Waals surface area contributed by atoms with Crippen LogP contribution in [0.15, 0.2) is 52.8 Å². The SMILES string of the molecule is COP(=O)(OC)C(/N=C/c1cccs1)c1ccccc1. The molecule has 2 rings (SSSR count). The van der Waals surface area contributed by atoms with Crippen molar-refractivity contribution in [3.63, 3.8) is 0 Å². The summed E-state index contributed by atoms with van der Waals surface area (Å²) in [7, 11) is -0.573. The monoisotopic (exact) mass is 309 g/mol. The molecule has 0 amide bonds. The van der Waals surface area contributed by atoms with Crippen LogP contribution in [-0.4, -0.2) is 20.4 Å². The maximum absolute atomic E-state index is 12.7. The maximum atomic E-state index is 12.7. The summed E-state index contributed by atoms with van der Waals surface area (Å²) in [5.74, 6) is -0.666. The molecule has 0 saturated carbocycles. The Labute approximate surface area is 122 Å². The molecule has 20 heavy (non-hydrogen) atoms. The van der Waals surface area contributed by atoms with Crippen molar-refractivity contribution in [2.24, 2.45) is 4.99 Å². The molecule has 0 fully saturated rings. The van der Waals surface area contributed by atoms with E-state index in [2.05, 4.69) is 4.99 Å². The van der Waals surface area contributed by atoms with Crippen LogP contribution in [0.1, 0.15) is 16.2 Å². The number of rotatable bonds is 6. The van der Waals surface area contributed by atoms with Crippen molar-refractivity contribution >= 4 is 25.1 Å². The second kappa shape index (κ2) is 6.95. The van der Waals surface area contributed by atoms with Gasteiger partial charge in [-0.2, -0.15) is 0 Å². The molecule has 6 heteroatoms. The summed E-state index contributed by atoms with van der Waals surface area (Å²) in [5.41, 5.74) is 0.798. The van der Waals surface area contributed by atoms with E-state index in [0.29, 0.717) is 0 Å². The Morgan fingerprint density at radius 2 is 1.85 bits per heavy atom. The fourth-order valence-electron chi connectivity index (χ4n) is 1.76. The van der Waals surface area contributed by atoms with E-state index in [9.17, 15) is 4.57 Å². The van der Waals surface area contributed by atoms with Gasteiger partial charge >= 0.3 is 7.60 Å². The van der Waals surface area contributed by atoms with E-state index >= 15 is 0 Å². The largest absolute Gasteiger partial charge is 0.358 e. The minimum Gasteiger partial charge on any atom is -0.310 e. The van der Waals surface area contributed by atoms with Crippen LogP contribution in [0.25, 0.3) is 0 Å². The first kappa shape index (κ1) is 15.1. The van der Waals surface area contributed by atoms with E-state index in [1.54, 1.807) is 17.6 Å². The van der Waals surface area contributed by atoms with Crippen LogP contribution in [0.5, 0.6) is 0 Å². The predicted molar refractivity (Wildman–Crippen MR) is 82.7 cm³/mol. The van der Waals surface area contributed by atoms with Gasteiger partial charge in [-0.3, -0.25) is 9.56 Å². The molecule has 106 valence electrons. The number of nitrogens with zero attached hydrogens (tertiary/aromatic N) is 1. The van der Waals surface area contributed by atoms with Crippen molar-refractivity contribution in [2.75, 3.05) is 14.2 Å². The molecule has 0 N–H and O–H groups in total. The Morgan fingerprint density at radius 3 is 2.40 bits per heavy atom. The minimum atomic E-state index is -3.32. The smallest absolute Gasteiger partial charge is 0.310 e. The lowest BCUT2D eigenvalue weighted by atomic mass is 10.2. The minimum absolute atomic E-state index is 0.666. The van der Waals surface area contributed by atoms with Crippen LogP contribution in [0, 0.1) is 0 Å². The molecule has 1 unspecified atom stereocenters. The molecule has 0 bridgehead atoms. The molecule has 0 saturated heterocycles. The first-order valence-corrected chi connectivity index (χ1v) is 8.51. The third-order valence-corrected chi connectivity index (χ3v) is 5.65. The standard InChI is InChI=1S/C14H16NO3PS/c1-17-19(16,18-2)14(12-7-4-3-5-8-12)15-11-13-9-6-10-20-13/h3-11,14H,1-2H3/b15-11+. The zero-order valence-corrected chi connectivity index (χ0v) is 13.0. The summed E-state index contributed by atoms with van der Waals surface area (Å²) in [4.78, 5) is 5.41. The third kappa shape index (κ3) is 3.44. The number of hydrogen-bond acceptors (Lipinski definition) is 5. The summed E-state index contributed by atoms with van der Waals surface area (Å²) < 4.78 is 22.8. The molecular weight excluding hydrogens is 293 g/mol.